The van der Waals surface area contributed by atoms with Crippen LogP contribution in [0.15, 0.2) is 58.0 Å². The summed E-state index contributed by atoms with van der Waals surface area (Å²) in [7, 11) is 0. The second-order valence-electron chi connectivity index (χ2n) is 6.26. The van der Waals surface area contributed by atoms with Gasteiger partial charge in [-0.25, -0.2) is 0 Å². The quantitative estimate of drug-likeness (QED) is 0.219. The SMILES string of the molecule is I.NC(=NCCCNC(=O)c1cccc(Br)c1)NC1CCOc2ccccc21. The summed E-state index contributed by atoms with van der Waals surface area (Å²) in [6.45, 7) is 1.74. The first-order chi connectivity index (χ1) is 13.1. The van der Waals surface area contributed by atoms with Gasteiger partial charge in [-0.1, -0.05) is 40.2 Å². The zero-order chi connectivity index (χ0) is 19.1. The smallest absolute Gasteiger partial charge is 0.251 e. The van der Waals surface area contributed by atoms with Gasteiger partial charge in [0, 0.05) is 35.1 Å². The van der Waals surface area contributed by atoms with Gasteiger partial charge in [0.1, 0.15) is 5.75 Å². The Morgan fingerprint density at radius 1 is 1.25 bits per heavy atom. The van der Waals surface area contributed by atoms with Crippen molar-refractivity contribution in [2.45, 2.75) is 18.9 Å². The van der Waals surface area contributed by atoms with E-state index in [0.29, 0.717) is 37.6 Å². The largest absolute Gasteiger partial charge is 0.493 e. The molecule has 0 radical (unpaired) electrons. The number of rotatable bonds is 6. The second kappa shape index (κ2) is 11.3. The van der Waals surface area contributed by atoms with Crippen molar-refractivity contribution in [3.8, 4) is 5.75 Å². The lowest BCUT2D eigenvalue weighted by atomic mass is 10.0. The topological polar surface area (TPSA) is 88.7 Å². The van der Waals surface area contributed by atoms with Crippen LogP contribution in [0, 0.1) is 0 Å². The van der Waals surface area contributed by atoms with Crippen LogP contribution >= 0.6 is 39.9 Å². The average Bonchev–Trinajstić information content (AvgIpc) is 2.68. The molecule has 0 fully saturated rings. The highest BCUT2D eigenvalue weighted by Gasteiger charge is 2.21. The Morgan fingerprint density at radius 2 is 2.07 bits per heavy atom. The monoisotopic (exact) mass is 558 g/mol. The van der Waals surface area contributed by atoms with E-state index in [-0.39, 0.29) is 35.9 Å². The van der Waals surface area contributed by atoms with Gasteiger partial charge < -0.3 is 21.1 Å². The van der Waals surface area contributed by atoms with Crippen LogP contribution in [0.1, 0.15) is 34.8 Å². The molecule has 1 atom stereocenters. The maximum atomic E-state index is 12.1. The first kappa shape index (κ1) is 22.5. The molecule has 0 spiro atoms. The molecule has 2 aromatic rings. The Labute approximate surface area is 190 Å². The molecule has 1 unspecified atom stereocenters. The predicted octanol–water partition coefficient (Wildman–Crippen LogP) is 3.62. The Bertz CT molecular complexity index is 831. The molecule has 1 aliphatic rings. The summed E-state index contributed by atoms with van der Waals surface area (Å²) in [4.78, 5) is 16.4. The fraction of sp³-hybridized carbons (Fsp3) is 0.300. The van der Waals surface area contributed by atoms with Crippen LogP contribution in [0.4, 0.5) is 0 Å². The van der Waals surface area contributed by atoms with Crippen molar-refractivity contribution in [2.75, 3.05) is 19.7 Å². The number of para-hydroxylation sites is 1. The highest BCUT2D eigenvalue weighted by Crippen LogP contribution is 2.31. The van der Waals surface area contributed by atoms with Crippen molar-refractivity contribution in [3.63, 3.8) is 0 Å². The molecule has 0 saturated carbocycles. The van der Waals surface area contributed by atoms with E-state index in [1.807, 2.05) is 36.4 Å². The molecule has 150 valence electrons. The van der Waals surface area contributed by atoms with E-state index in [9.17, 15) is 4.79 Å². The van der Waals surface area contributed by atoms with Crippen molar-refractivity contribution < 1.29 is 9.53 Å². The summed E-state index contributed by atoms with van der Waals surface area (Å²) in [6, 6.07) is 15.4. The van der Waals surface area contributed by atoms with Crippen LogP contribution in [0.3, 0.4) is 0 Å². The number of nitrogens with zero attached hydrogens (tertiary/aromatic N) is 1. The molecule has 0 saturated heterocycles. The number of amides is 1. The van der Waals surface area contributed by atoms with Gasteiger partial charge in [-0.2, -0.15) is 0 Å². The van der Waals surface area contributed by atoms with Crippen LogP contribution in [-0.4, -0.2) is 31.6 Å². The van der Waals surface area contributed by atoms with Crippen molar-refractivity contribution in [1.29, 1.82) is 0 Å². The fourth-order valence-corrected chi connectivity index (χ4v) is 3.33. The number of ether oxygens (including phenoxy) is 1. The van der Waals surface area contributed by atoms with Gasteiger partial charge in [-0.3, -0.25) is 9.79 Å². The molecule has 1 amide bonds. The first-order valence-corrected chi connectivity index (χ1v) is 9.75. The van der Waals surface area contributed by atoms with Crippen LogP contribution in [0.5, 0.6) is 5.75 Å². The summed E-state index contributed by atoms with van der Waals surface area (Å²) in [6.07, 6.45) is 1.56. The maximum Gasteiger partial charge on any atom is 0.251 e. The van der Waals surface area contributed by atoms with Gasteiger partial charge in [-0.15, -0.1) is 24.0 Å². The lowest BCUT2D eigenvalue weighted by Crippen LogP contribution is -2.37. The number of nitrogens with one attached hydrogen (secondary N) is 2. The summed E-state index contributed by atoms with van der Waals surface area (Å²) < 4.78 is 6.53. The molecule has 4 N–H and O–H groups in total. The fourth-order valence-electron chi connectivity index (χ4n) is 2.93. The molecular weight excluding hydrogens is 535 g/mol. The predicted molar refractivity (Wildman–Crippen MR) is 125 cm³/mol. The molecule has 0 aromatic heterocycles. The first-order valence-electron chi connectivity index (χ1n) is 8.95. The Kier molecular flexibility index (Phi) is 9.04. The number of fused-ring (bicyclic) bond motifs is 1. The lowest BCUT2D eigenvalue weighted by Gasteiger charge is -2.26. The molecule has 1 aliphatic heterocycles. The van der Waals surface area contributed by atoms with E-state index in [1.165, 1.54) is 0 Å². The number of carbonyl (C=O) groups excluding carboxylic acids is 1. The number of hydrogen-bond acceptors (Lipinski definition) is 3. The standard InChI is InChI=1S/C20H23BrN4O2.HI/c21-15-6-3-5-14(13-15)19(26)23-10-4-11-24-20(22)25-17-9-12-27-18-8-2-1-7-16(17)18;/h1-3,5-8,13,17H,4,9-12H2,(H,23,26)(H3,22,24,25);1H. The van der Waals surface area contributed by atoms with Gasteiger partial charge in [0.25, 0.3) is 5.91 Å². The number of nitrogens with two attached hydrogens (primary N) is 1. The summed E-state index contributed by atoms with van der Waals surface area (Å²) in [5.74, 6) is 1.21. The Morgan fingerprint density at radius 3 is 2.89 bits per heavy atom. The zero-order valence-electron chi connectivity index (χ0n) is 15.4. The van der Waals surface area contributed by atoms with Crippen LogP contribution < -0.4 is 21.1 Å². The minimum absolute atomic E-state index is 0. The van der Waals surface area contributed by atoms with E-state index in [2.05, 4.69) is 31.6 Å². The van der Waals surface area contributed by atoms with Crippen molar-refractivity contribution in [2.24, 2.45) is 10.7 Å². The van der Waals surface area contributed by atoms with Crippen LogP contribution in [-0.2, 0) is 0 Å². The van der Waals surface area contributed by atoms with Crippen molar-refractivity contribution >= 4 is 51.8 Å². The van der Waals surface area contributed by atoms with Gasteiger partial charge in [0.2, 0.25) is 0 Å². The molecular formula is C20H24BrIN4O2. The molecule has 8 heteroatoms. The van der Waals surface area contributed by atoms with E-state index in [1.54, 1.807) is 12.1 Å². The molecule has 0 bridgehead atoms. The number of benzene rings is 2. The minimum Gasteiger partial charge on any atom is -0.493 e. The molecule has 0 aliphatic carbocycles. The average molecular weight is 559 g/mol. The number of halogens is 2. The maximum absolute atomic E-state index is 12.1. The Balaban J connectivity index is 0.00000280. The van der Waals surface area contributed by atoms with E-state index in [4.69, 9.17) is 10.5 Å². The highest BCUT2D eigenvalue weighted by molar-refractivity contribution is 14.0. The number of hydrogen-bond donors (Lipinski definition) is 3. The van der Waals surface area contributed by atoms with Crippen molar-refractivity contribution in [3.05, 3.63) is 64.1 Å². The summed E-state index contributed by atoms with van der Waals surface area (Å²) in [5, 5.41) is 6.15. The highest BCUT2D eigenvalue weighted by atomic mass is 127. The van der Waals surface area contributed by atoms with Gasteiger partial charge in [0.05, 0.1) is 12.6 Å². The molecule has 3 rings (SSSR count). The van der Waals surface area contributed by atoms with Gasteiger partial charge >= 0.3 is 0 Å². The van der Waals surface area contributed by atoms with E-state index >= 15 is 0 Å². The number of carbonyl (C=O) groups is 1. The third-order valence-electron chi connectivity index (χ3n) is 4.27. The third-order valence-corrected chi connectivity index (χ3v) is 4.76. The van der Waals surface area contributed by atoms with E-state index in [0.717, 1.165) is 22.2 Å². The molecule has 28 heavy (non-hydrogen) atoms. The summed E-state index contributed by atoms with van der Waals surface area (Å²) >= 11 is 3.36. The van der Waals surface area contributed by atoms with Crippen molar-refractivity contribution in [1.82, 2.24) is 10.6 Å². The van der Waals surface area contributed by atoms with Crippen LogP contribution in [0.2, 0.25) is 0 Å². The molecule has 6 nitrogen and oxygen atoms in total. The number of guanidine groups is 1. The normalized spacial score (nSPS) is 15.6. The van der Waals surface area contributed by atoms with Gasteiger partial charge in [-0.05, 0) is 30.7 Å². The molecule has 1 heterocycles. The minimum atomic E-state index is -0.0924. The zero-order valence-corrected chi connectivity index (χ0v) is 19.3. The number of aliphatic imine (C=N–C) groups is 1. The third kappa shape index (κ3) is 6.37. The summed E-state index contributed by atoms with van der Waals surface area (Å²) in [5.41, 5.74) is 7.75. The van der Waals surface area contributed by atoms with Gasteiger partial charge in [0.15, 0.2) is 5.96 Å². The second-order valence-corrected chi connectivity index (χ2v) is 7.17. The van der Waals surface area contributed by atoms with E-state index < -0.39 is 0 Å². The lowest BCUT2D eigenvalue weighted by molar-refractivity contribution is 0.0953. The Hall–Kier alpha value is -1.81. The van der Waals surface area contributed by atoms with Crippen LogP contribution in [0.25, 0.3) is 0 Å². The molecule has 2 aromatic carbocycles.